The number of ether oxygens (including phenoxy) is 2. The van der Waals surface area contributed by atoms with E-state index in [0.717, 1.165) is 18.9 Å². The third-order valence-electron chi connectivity index (χ3n) is 3.93. The van der Waals surface area contributed by atoms with Gasteiger partial charge in [-0.1, -0.05) is 0 Å². The molecule has 4 heteroatoms. The quantitative estimate of drug-likeness (QED) is 0.659. The number of epoxide rings is 1. The first-order chi connectivity index (χ1) is 7.91. The van der Waals surface area contributed by atoms with Gasteiger partial charge in [0.2, 0.25) is 0 Å². The molecule has 17 heavy (non-hydrogen) atoms. The first kappa shape index (κ1) is 11.3. The maximum Gasteiger partial charge on any atom is 0.410 e. The van der Waals surface area contributed by atoms with E-state index >= 15 is 0 Å². The van der Waals surface area contributed by atoms with Crippen LogP contribution in [-0.2, 0) is 9.47 Å². The van der Waals surface area contributed by atoms with E-state index in [1.165, 1.54) is 12.8 Å². The SMILES string of the molecule is CC(C)(C)OC(=O)N1CC[C@@]2(C3CC3)O[C@H]2C1. The van der Waals surface area contributed by atoms with Crippen LogP contribution in [0.15, 0.2) is 0 Å². The summed E-state index contributed by atoms with van der Waals surface area (Å²) in [7, 11) is 0. The Kier molecular flexibility index (Phi) is 2.25. The van der Waals surface area contributed by atoms with Crippen LogP contribution in [0.1, 0.15) is 40.0 Å². The Morgan fingerprint density at radius 3 is 2.65 bits per heavy atom. The Morgan fingerprint density at radius 2 is 2.12 bits per heavy atom. The summed E-state index contributed by atoms with van der Waals surface area (Å²) in [6, 6.07) is 0. The predicted octanol–water partition coefficient (Wildman–Crippen LogP) is 2.17. The van der Waals surface area contributed by atoms with Crippen molar-refractivity contribution in [1.29, 1.82) is 0 Å². The number of amides is 1. The third-order valence-corrected chi connectivity index (χ3v) is 3.93. The number of fused-ring (bicyclic) bond motifs is 1. The molecule has 96 valence electrons. The number of carbonyl (C=O) groups is 1. The lowest BCUT2D eigenvalue weighted by Gasteiger charge is -2.30. The van der Waals surface area contributed by atoms with Crippen molar-refractivity contribution in [3.63, 3.8) is 0 Å². The van der Waals surface area contributed by atoms with Crippen molar-refractivity contribution in [2.75, 3.05) is 13.1 Å². The molecule has 0 bridgehead atoms. The van der Waals surface area contributed by atoms with Gasteiger partial charge in [-0.3, -0.25) is 0 Å². The molecule has 0 aromatic heterocycles. The summed E-state index contributed by atoms with van der Waals surface area (Å²) in [6.45, 7) is 7.19. The predicted molar refractivity (Wildman–Crippen MR) is 62.8 cm³/mol. The van der Waals surface area contributed by atoms with Crippen LogP contribution in [0.25, 0.3) is 0 Å². The lowest BCUT2D eigenvalue weighted by molar-refractivity contribution is 0.0215. The second kappa shape index (κ2) is 3.37. The van der Waals surface area contributed by atoms with Crippen LogP contribution in [0.4, 0.5) is 4.79 Å². The Morgan fingerprint density at radius 1 is 1.41 bits per heavy atom. The van der Waals surface area contributed by atoms with Crippen molar-refractivity contribution in [1.82, 2.24) is 4.90 Å². The standard InChI is InChI=1S/C13H21NO3/c1-12(2,3)17-11(15)14-7-6-13(9-4-5-9)10(8-14)16-13/h9-10H,4-8H2,1-3H3/t10-,13-/m0/s1. The number of hydrogen-bond donors (Lipinski definition) is 0. The molecule has 1 saturated carbocycles. The molecule has 0 N–H and O–H groups in total. The zero-order chi connectivity index (χ0) is 12.3. The summed E-state index contributed by atoms with van der Waals surface area (Å²) in [5, 5.41) is 0. The van der Waals surface area contributed by atoms with Gasteiger partial charge in [-0.25, -0.2) is 4.79 Å². The van der Waals surface area contributed by atoms with Crippen molar-refractivity contribution in [3.8, 4) is 0 Å². The fourth-order valence-corrected chi connectivity index (χ4v) is 2.87. The second-order valence-corrected chi connectivity index (χ2v) is 6.51. The van der Waals surface area contributed by atoms with E-state index < -0.39 is 5.60 Å². The lowest BCUT2D eigenvalue weighted by atomic mass is 9.92. The van der Waals surface area contributed by atoms with Gasteiger partial charge in [0.15, 0.2) is 0 Å². The maximum atomic E-state index is 11.9. The van der Waals surface area contributed by atoms with Gasteiger partial charge in [-0.15, -0.1) is 0 Å². The van der Waals surface area contributed by atoms with Crippen LogP contribution in [0.2, 0.25) is 0 Å². The summed E-state index contributed by atoms with van der Waals surface area (Å²) in [5.74, 6) is 0.772. The average Bonchev–Trinajstić information content (AvgIpc) is 3.08. The summed E-state index contributed by atoms with van der Waals surface area (Å²) < 4.78 is 11.2. The van der Waals surface area contributed by atoms with Gasteiger partial charge >= 0.3 is 6.09 Å². The molecule has 3 aliphatic rings. The molecule has 1 amide bonds. The molecule has 2 saturated heterocycles. The van der Waals surface area contributed by atoms with Crippen molar-refractivity contribution < 1.29 is 14.3 Å². The Balaban J connectivity index is 1.56. The van der Waals surface area contributed by atoms with Crippen LogP contribution >= 0.6 is 0 Å². The molecular weight excluding hydrogens is 218 g/mol. The molecule has 0 radical (unpaired) electrons. The van der Waals surface area contributed by atoms with Crippen LogP contribution in [-0.4, -0.2) is 41.4 Å². The van der Waals surface area contributed by atoms with Gasteiger partial charge in [0.05, 0.1) is 6.54 Å². The van der Waals surface area contributed by atoms with E-state index in [1.807, 2.05) is 20.8 Å². The minimum absolute atomic E-state index is 0.151. The first-order valence-corrected chi connectivity index (χ1v) is 6.56. The largest absolute Gasteiger partial charge is 0.444 e. The summed E-state index contributed by atoms with van der Waals surface area (Å²) >= 11 is 0. The number of piperidine rings is 1. The minimum atomic E-state index is -0.410. The highest BCUT2D eigenvalue weighted by Crippen LogP contribution is 2.57. The van der Waals surface area contributed by atoms with Gasteiger partial charge in [0.25, 0.3) is 0 Å². The summed E-state index contributed by atoms with van der Waals surface area (Å²) in [6.07, 6.45) is 3.68. The lowest BCUT2D eigenvalue weighted by Crippen LogP contribution is -2.45. The Hall–Kier alpha value is -0.770. The monoisotopic (exact) mass is 239 g/mol. The Labute approximate surface area is 102 Å². The van der Waals surface area contributed by atoms with Crippen molar-refractivity contribution in [2.24, 2.45) is 5.92 Å². The zero-order valence-electron chi connectivity index (χ0n) is 10.9. The molecule has 1 aliphatic carbocycles. The van der Waals surface area contributed by atoms with E-state index in [9.17, 15) is 4.79 Å². The van der Waals surface area contributed by atoms with Crippen LogP contribution in [0.5, 0.6) is 0 Å². The number of hydrogen-bond acceptors (Lipinski definition) is 3. The van der Waals surface area contributed by atoms with Gasteiger partial charge in [0.1, 0.15) is 17.3 Å². The first-order valence-electron chi connectivity index (χ1n) is 6.56. The molecule has 3 rings (SSSR count). The molecule has 0 spiro atoms. The van der Waals surface area contributed by atoms with Crippen LogP contribution in [0, 0.1) is 5.92 Å². The van der Waals surface area contributed by atoms with E-state index in [4.69, 9.17) is 9.47 Å². The van der Waals surface area contributed by atoms with Crippen molar-refractivity contribution >= 4 is 6.09 Å². The topological polar surface area (TPSA) is 42.1 Å². The summed E-state index contributed by atoms with van der Waals surface area (Å²) in [4.78, 5) is 13.7. The maximum absolute atomic E-state index is 11.9. The van der Waals surface area contributed by atoms with E-state index in [1.54, 1.807) is 4.90 Å². The molecule has 0 unspecified atom stereocenters. The zero-order valence-corrected chi connectivity index (χ0v) is 10.9. The second-order valence-electron chi connectivity index (χ2n) is 6.51. The molecule has 2 aliphatic heterocycles. The Bertz CT molecular complexity index is 345. The van der Waals surface area contributed by atoms with Gasteiger partial charge < -0.3 is 14.4 Å². The normalized spacial score (nSPS) is 36.4. The van der Waals surface area contributed by atoms with Gasteiger partial charge in [-0.05, 0) is 46.0 Å². The van der Waals surface area contributed by atoms with Crippen molar-refractivity contribution in [2.45, 2.75) is 57.3 Å². The van der Waals surface area contributed by atoms with Gasteiger partial charge in [0, 0.05) is 6.54 Å². The molecule has 0 aromatic carbocycles. The molecule has 2 heterocycles. The number of likely N-dealkylation sites (tertiary alicyclic amines) is 1. The number of rotatable bonds is 1. The molecule has 3 fully saturated rings. The van der Waals surface area contributed by atoms with E-state index in [-0.39, 0.29) is 17.8 Å². The highest BCUT2D eigenvalue weighted by atomic mass is 16.6. The molecule has 4 nitrogen and oxygen atoms in total. The van der Waals surface area contributed by atoms with E-state index in [0.29, 0.717) is 6.54 Å². The summed E-state index contributed by atoms with van der Waals surface area (Å²) in [5.41, 5.74) is -0.259. The molecule has 2 atom stereocenters. The number of nitrogens with zero attached hydrogens (tertiary/aromatic N) is 1. The van der Waals surface area contributed by atoms with Crippen molar-refractivity contribution in [3.05, 3.63) is 0 Å². The van der Waals surface area contributed by atoms with E-state index in [2.05, 4.69) is 0 Å². The molecular formula is C13H21NO3. The highest BCUT2D eigenvalue weighted by Gasteiger charge is 2.66. The van der Waals surface area contributed by atoms with Crippen LogP contribution in [0.3, 0.4) is 0 Å². The average molecular weight is 239 g/mol. The fraction of sp³-hybridized carbons (Fsp3) is 0.923. The number of carbonyl (C=O) groups excluding carboxylic acids is 1. The highest BCUT2D eigenvalue weighted by molar-refractivity contribution is 5.68. The third kappa shape index (κ3) is 2.03. The molecule has 0 aromatic rings. The van der Waals surface area contributed by atoms with Crippen LogP contribution < -0.4 is 0 Å². The fourth-order valence-electron chi connectivity index (χ4n) is 2.87. The minimum Gasteiger partial charge on any atom is -0.444 e. The van der Waals surface area contributed by atoms with Gasteiger partial charge in [-0.2, -0.15) is 0 Å². The smallest absolute Gasteiger partial charge is 0.410 e.